The number of ether oxygens (including phenoxy) is 1. The Hall–Kier alpha value is -2.40. The average Bonchev–Trinajstić information content (AvgIpc) is 2.58. The Balaban J connectivity index is 1.65. The Morgan fingerprint density at radius 1 is 1.08 bits per heavy atom. The van der Waals surface area contributed by atoms with E-state index < -0.39 is 11.8 Å². The largest absolute Gasteiger partial charge is 0.461 e. The molecular weight excluding hydrogens is 333 g/mol. The topological polar surface area (TPSA) is 55.4 Å². The zero-order valence-corrected chi connectivity index (χ0v) is 13.7. The van der Waals surface area contributed by atoms with Crippen molar-refractivity contribution in [3.05, 3.63) is 70.5 Å². The molecule has 0 atom stereocenters. The van der Waals surface area contributed by atoms with Crippen LogP contribution in [0.4, 0.5) is 4.39 Å². The summed E-state index contributed by atoms with van der Waals surface area (Å²) in [6.45, 7) is 0.249. The standard InChI is InChI=1S/C18H17ClFNO3/c19-15-9-7-13(8-10-15)18(23)21-11-3-6-17(22)24-12-14-4-1-2-5-16(14)20/h1-2,4-5,7-10H,3,6,11-12H2,(H,21,23). The number of benzene rings is 2. The SMILES string of the molecule is O=C(CCCNC(=O)c1ccc(Cl)cc1)OCc1ccccc1F. The van der Waals surface area contributed by atoms with Crippen LogP contribution in [0.15, 0.2) is 48.5 Å². The molecule has 0 aliphatic rings. The Morgan fingerprint density at radius 2 is 1.79 bits per heavy atom. The molecule has 2 aromatic rings. The van der Waals surface area contributed by atoms with Gasteiger partial charge in [-0.15, -0.1) is 0 Å². The lowest BCUT2D eigenvalue weighted by Crippen LogP contribution is -2.25. The van der Waals surface area contributed by atoms with Gasteiger partial charge in [0.05, 0.1) is 0 Å². The molecule has 24 heavy (non-hydrogen) atoms. The van der Waals surface area contributed by atoms with Crippen molar-refractivity contribution >= 4 is 23.5 Å². The maximum atomic E-state index is 13.4. The summed E-state index contributed by atoms with van der Waals surface area (Å²) in [5.74, 6) is -1.06. The fraction of sp³-hybridized carbons (Fsp3) is 0.222. The molecule has 0 radical (unpaired) electrons. The molecule has 2 rings (SSSR count). The van der Waals surface area contributed by atoms with Crippen molar-refractivity contribution in [2.24, 2.45) is 0 Å². The van der Waals surface area contributed by atoms with E-state index in [9.17, 15) is 14.0 Å². The molecule has 0 bridgehead atoms. The van der Waals surface area contributed by atoms with E-state index in [1.807, 2.05) is 0 Å². The van der Waals surface area contributed by atoms with Crippen molar-refractivity contribution in [2.75, 3.05) is 6.54 Å². The van der Waals surface area contributed by atoms with Gasteiger partial charge in [-0.05, 0) is 36.8 Å². The van der Waals surface area contributed by atoms with Gasteiger partial charge in [0.25, 0.3) is 5.91 Å². The van der Waals surface area contributed by atoms with E-state index in [0.29, 0.717) is 29.1 Å². The van der Waals surface area contributed by atoms with Crippen LogP contribution in [-0.2, 0) is 16.1 Å². The second kappa shape index (κ2) is 9.03. The second-order valence-corrected chi connectivity index (χ2v) is 5.55. The number of amides is 1. The molecule has 0 fully saturated rings. The molecule has 0 saturated carbocycles. The predicted molar refractivity (Wildman–Crippen MR) is 89.2 cm³/mol. The molecule has 0 unspecified atom stereocenters. The van der Waals surface area contributed by atoms with Crippen molar-refractivity contribution in [3.8, 4) is 0 Å². The van der Waals surface area contributed by atoms with Gasteiger partial charge in [0.15, 0.2) is 0 Å². The summed E-state index contributed by atoms with van der Waals surface area (Å²) in [6.07, 6.45) is 0.588. The number of carbonyl (C=O) groups excluding carboxylic acids is 2. The van der Waals surface area contributed by atoms with E-state index in [4.69, 9.17) is 16.3 Å². The van der Waals surface area contributed by atoms with Crippen LogP contribution in [0.1, 0.15) is 28.8 Å². The molecule has 0 aromatic heterocycles. The number of rotatable bonds is 7. The average molecular weight is 350 g/mol. The number of hydrogen-bond donors (Lipinski definition) is 1. The third kappa shape index (κ3) is 5.66. The van der Waals surface area contributed by atoms with E-state index in [2.05, 4.69) is 5.32 Å². The minimum atomic E-state index is -0.431. The van der Waals surface area contributed by atoms with Gasteiger partial charge in [0.2, 0.25) is 0 Å². The summed E-state index contributed by atoms with van der Waals surface area (Å²) < 4.78 is 18.4. The molecule has 0 heterocycles. The van der Waals surface area contributed by atoms with E-state index in [1.54, 1.807) is 42.5 Å². The molecule has 0 spiro atoms. The maximum absolute atomic E-state index is 13.4. The molecule has 0 saturated heterocycles. The first-order valence-electron chi connectivity index (χ1n) is 7.49. The van der Waals surface area contributed by atoms with Crippen LogP contribution in [0, 0.1) is 5.82 Å². The summed E-state index contributed by atoms with van der Waals surface area (Å²) in [5.41, 5.74) is 0.837. The first-order valence-corrected chi connectivity index (χ1v) is 7.87. The zero-order valence-electron chi connectivity index (χ0n) is 12.9. The number of hydrogen-bond acceptors (Lipinski definition) is 3. The molecule has 1 N–H and O–H groups in total. The Kier molecular flexibility index (Phi) is 6.75. The Labute approximate surface area is 144 Å². The normalized spacial score (nSPS) is 10.2. The fourth-order valence-corrected chi connectivity index (χ4v) is 2.11. The van der Waals surface area contributed by atoms with Gasteiger partial charge in [-0.3, -0.25) is 9.59 Å². The monoisotopic (exact) mass is 349 g/mol. The first kappa shape index (κ1) is 17.9. The highest BCUT2D eigenvalue weighted by atomic mass is 35.5. The molecule has 4 nitrogen and oxygen atoms in total. The van der Waals surface area contributed by atoms with Crippen LogP contribution in [-0.4, -0.2) is 18.4 Å². The summed E-state index contributed by atoms with van der Waals surface area (Å²) in [4.78, 5) is 23.4. The highest BCUT2D eigenvalue weighted by molar-refractivity contribution is 6.30. The number of nitrogens with one attached hydrogen (secondary N) is 1. The lowest BCUT2D eigenvalue weighted by atomic mass is 10.2. The maximum Gasteiger partial charge on any atom is 0.306 e. The Bertz CT molecular complexity index is 704. The predicted octanol–water partition coefficient (Wildman–Crippen LogP) is 3.73. The molecule has 0 aliphatic heterocycles. The number of carbonyl (C=O) groups is 2. The van der Waals surface area contributed by atoms with Crippen molar-refractivity contribution in [1.82, 2.24) is 5.32 Å². The van der Waals surface area contributed by atoms with Crippen LogP contribution >= 0.6 is 11.6 Å². The van der Waals surface area contributed by atoms with Crippen LogP contribution in [0.25, 0.3) is 0 Å². The van der Waals surface area contributed by atoms with Crippen molar-refractivity contribution in [1.29, 1.82) is 0 Å². The molecule has 0 aliphatic carbocycles. The van der Waals surface area contributed by atoms with Gasteiger partial charge < -0.3 is 10.1 Å². The van der Waals surface area contributed by atoms with Crippen molar-refractivity contribution < 1.29 is 18.7 Å². The minimum Gasteiger partial charge on any atom is -0.461 e. The van der Waals surface area contributed by atoms with Crippen LogP contribution in [0.5, 0.6) is 0 Å². The molecule has 2 aromatic carbocycles. The first-order chi connectivity index (χ1) is 11.6. The number of esters is 1. The third-order valence-electron chi connectivity index (χ3n) is 3.30. The second-order valence-electron chi connectivity index (χ2n) is 5.12. The summed E-state index contributed by atoms with van der Waals surface area (Å²) in [7, 11) is 0. The van der Waals surface area contributed by atoms with Crippen LogP contribution in [0.3, 0.4) is 0 Å². The van der Waals surface area contributed by atoms with E-state index >= 15 is 0 Å². The van der Waals surface area contributed by atoms with Gasteiger partial charge in [0, 0.05) is 29.1 Å². The fourth-order valence-electron chi connectivity index (χ4n) is 1.98. The quantitative estimate of drug-likeness (QED) is 0.612. The molecular formula is C18H17ClFNO3. The third-order valence-corrected chi connectivity index (χ3v) is 3.55. The number of halogens is 2. The Morgan fingerprint density at radius 3 is 2.50 bits per heavy atom. The molecule has 1 amide bonds. The van der Waals surface area contributed by atoms with Gasteiger partial charge in [-0.1, -0.05) is 29.8 Å². The zero-order chi connectivity index (χ0) is 17.4. The van der Waals surface area contributed by atoms with Crippen molar-refractivity contribution in [2.45, 2.75) is 19.4 Å². The van der Waals surface area contributed by atoms with Gasteiger partial charge in [-0.2, -0.15) is 0 Å². The lowest BCUT2D eigenvalue weighted by Gasteiger charge is -2.07. The van der Waals surface area contributed by atoms with Gasteiger partial charge in [-0.25, -0.2) is 4.39 Å². The van der Waals surface area contributed by atoms with Crippen LogP contribution < -0.4 is 5.32 Å². The van der Waals surface area contributed by atoms with Crippen LogP contribution in [0.2, 0.25) is 5.02 Å². The van der Waals surface area contributed by atoms with Gasteiger partial charge >= 0.3 is 5.97 Å². The highest BCUT2D eigenvalue weighted by Crippen LogP contribution is 2.10. The molecule has 126 valence electrons. The summed E-state index contributed by atoms with van der Waals surface area (Å²) in [5, 5.41) is 3.27. The van der Waals surface area contributed by atoms with E-state index in [0.717, 1.165) is 0 Å². The summed E-state index contributed by atoms with van der Waals surface area (Å²) >= 11 is 5.76. The van der Waals surface area contributed by atoms with Crippen molar-refractivity contribution in [3.63, 3.8) is 0 Å². The van der Waals surface area contributed by atoms with E-state index in [-0.39, 0.29) is 18.9 Å². The van der Waals surface area contributed by atoms with E-state index in [1.165, 1.54) is 6.07 Å². The lowest BCUT2D eigenvalue weighted by molar-refractivity contribution is -0.145. The summed E-state index contributed by atoms with van der Waals surface area (Å²) in [6, 6.07) is 12.7. The highest BCUT2D eigenvalue weighted by Gasteiger charge is 2.08. The minimum absolute atomic E-state index is 0.0946. The smallest absolute Gasteiger partial charge is 0.306 e. The van der Waals surface area contributed by atoms with Gasteiger partial charge in [0.1, 0.15) is 12.4 Å². The molecule has 6 heteroatoms.